The van der Waals surface area contributed by atoms with Crippen molar-refractivity contribution in [2.45, 2.75) is 84.6 Å². The first-order valence-electron chi connectivity index (χ1n) is 15.6. The Hall–Kier alpha value is -2.91. The number of hydrogen-bond acceptors (Lipinski definition) is 7. The van der Waals surface area contributed by atoms with Gasteiger partial charge in [0.15, 0.2) is 0 Å². The smallest absolute Gasteiger partial charge is 0.312 e. The zero-order valence-corrected chi connectivity index (χ0v) is 26.3. The summed E-state index contributed by atoms with van der Waals surface area (Å²) in [6, 6.07) is 6.20. The number of rotatable bonds is 13. The van der Waals surface area contributed by atoms with Crippen LogP contribution in [-0.4, -0.2) is 83.9 Å². The molecule has 3 heterocycles. The monoisotopic (exact) mass is 583 g/mol. The molecule has 3 saturated heterocycles. The van der Waals surface area contributed by atoms with E-state index in [1.807, 2.05) is 52.0 Å². The van der Waals surface area contributed by atoms with Gasteiger partial charge in [0.2, 0.25) is 5.91 Å². The SMILES string of the molecule is C=CCN(C(=O)C1N([C@@H](CO)[C@@H](C)CC)C(=O)[C@@H]2[C@H](C(=O)OCC)[C@@]3(C)OC12CC3C)c1ccc(N(CC)CC)cc1. The number of amides is 2. The molecule has 0 saturated carbocycles. The quantitative estimate of drug-likeness (QED) is 0.277. The van der Waals surface area contributed by atoms with Crippen molar-refractivity contribution in [1.82, 2.24) is 4.90 Å². The molecule has 0 aliphatic carbocycles. The van der Waals surface area contributed by atoms with E-state index in [9.17, 15) is 19.5 Å². The van der Waals surface area contributed by atoms with Crippen molar-refractivity contribution in [3.63, 3.8) is 0 Å². The molecule has 9 heteroatoms. The first-order chi connectivity index (χ1) is 20.0. The van der Waals surface area contributed by atoms with Crippen LogP contribution in [0, 0.1) is 23.7 Å². The minimum Gasteiger partial charge on any atom is -0.466 e. The molecule has 3 fully saturated rings. The van der Waals surface area contributed by atoms with Gasteiger partial charge < -0.3 is 29.3 Å². The molecular formula is C33H49N3O6. The van der Waals surface area contributed by atoms with Gasteiger partial charge >= 0.3 is 5.97 Å². The predicted molar refractivity (Wildman–Crippen MR) is 163 cm³/mol. The third kappa shape index (κ3) is 4.82. The highest BCUT2D eigenvalue weighted by atomic mass is 16.6. The molecule has 9 nitrogen and oxygen atoms in total. The number of ether oxygens (including phenoxy) is 2. The Morgan fingerprint density at radius 2 is 1.81 bits per heavy atom. The van der Waals surface area contributed by atoms with E-state index in [1.54, 1.807) is 22.8 Å². The number of carbonyl (C=O) groups excluding carboxylic acids is 3. The second-order valence-corrected chi connectivity index (χ2v) is 12.3. The lowest BCUT2D eigenvalue weighted by molar-refractivity contribution is -0.162. The van der Waals surface area contributed by atoms with Gasteiger partial charge in [0.1, 0.15) is 17.6 Å². The summed E-state index contributed by atoms with van der Waals surface area (Å²) in [6.45, 7) is 19.5. The third-order valence-electron chi connectivity index (χ3n) is 10.2. The van der Waals surface area contributed by atoms with E-state index < -0.39 is 41.1 Å². The van der Waals surface area contributed by atoms with Crippen LogP contribution in [0.2, 0.25) is 0 Å². The number of aliphatic hydroxyl groups is 1. The van der Waals surface area contributed by atoms with Crippen LogP contribution in [0.15, 0.2) is 36.9 Å². The highest BCUT2D eigenvalue weighted by Gasteiger charge is 2.81. The number of nitrogens with zero attached hydrogens (tertiary/aromatic N) is 3. The van der Waals surface area contributed by atoms with Crippen molar-refractivity contribution in [3.8, 4) is 0 Å². The number of anilines is 2. The molecule has 3 aliphatic rings. The lowest BCUT2D eigenvalue weighted by Crippen LogP contribution is -2.60. The van der Waals surface area contributed by atoms with Crippen LogP contribution in [0.5, 0.6) is 0 Å². The van der Waals surface area contributed by atoms with Gasteiger partial charge in [-0.15, -0.1) is 6.58 Å². The molecule has 2 amide bonds. The first-order valence-corrected chi connectivity index (χ1v) is 15.6. The average Bonchev–Trinajstić information content (AvgIpc) is 3.49. The van der Waals surface area contributed by atoms with Gasteiger partial charge in [-0.05, 0) is 70.2 Å². The summed E-state index contributed by atoms with van der Waals surface area (Å²) in [7, 11) is 0. The number of hydrogen-bond donors (Lipinski definition) is 1. The van der Waals surface area contributed by atoms with Crippen LogP contribution < -0.4 is 9.80 Å². The van der Waals surface area contributed by atoms with Gasteiger partial charge in [-0.1, -0.05) is 33.3 Å². The summed E-state index contributed by atoms with van der Waals surface area (Å²) in [5, 5.41) is 10.6. The molecule has 0 radical (unpaired) electrons. The first kappa shape index (κ1) is 32.0. The molecule has 232 valence electrons. The lowest BCUT2D eigenvalue weighted by Gasteiger charge is -2.41. The van der Waals surface area contributed by atoms with Gasteiger partial charge in [0, 0.05) is 31.0 Å². The predicted octanol–water partition coefficient (Wildman–Crippen LogP) is 4.03. The van der Waals surface area contributed by atoms with E-state index in [0.717, 1.165) is 18.8 Å². The zero-order chi connectivity index (χ0) is 31.0. The van der Waals surface area contributed by atoms with Gasteiger partial charge in [0.05, 0.1) is 30.8 Å². The number of benzene rings is 1. The maximum absolute atomic E-state index is 14.9. The van der Waals surface area contributed by atoms with E-state index in [2.05, 4.69) is 25.3 Å². The Bertz CT molecular complexity index is 1170. The van der Waals surface area contributed by atoms with Crippen LogP contribution in [0.4, 0.5) is 11.4 Å². The molecule has 4 rings (SSSR count). The Labute approximate surface area is 250 Å². The second kappa shape index (κ2) is 12.4. The summed E-state index contributed by atoms with van der Waals surface area (Å²) in [5.41, 5.74) is -0.432. The molecule has 0 aromatic heterocycles. The normalized spacial score (nSPS) is 31.0. The highest BCUT2D eigenvalue weighted by molar-refractivity contribution is 6.05. The van der Waals surface area contributed by atoms with E-state index in [1.165, 1.54) is 0 Å². The van der Waals surface area contributed by atoms with Crippen LogP contribution in [0.1, 0.15) is 61.3 Å². The average molecular weight is 584 g/mol. The molecule has 1 N–H and O–H groups in total. The van der Waals surface area contributed by atoms with Crippen molar-refractivity contribution in [2.24, 2.45) is 23.7 Å². The molecule has 1 aromatic carbocycles. The minimum atomic E-state index is -1.22. The molecule has 3 aliphatic heterocycles. The second-order valence-electron chi connectivity index (χ2n) is 12.3. The molecule has 1 aromatic rings. The summed E-state index contributed by atoms with van der Waals surface area (Å²) in [5.74, 6) is -2.99. The van der Waals surface area contributed by atoms with E-state index in [0.29, 0.717) is 18.5 Å². The number of carbonyl (C=O) groups is 3. The summed E-state index contributed by atoms with van der Waals surface area (Å²) >= 11 is 0. The Kier molecular flexibility index (Phi) is 9.43. The van der Waals surface area contributed by atoms with Crippen LogP contribution >= 0.6 is 0 Å². The Morgan fingerprint density at radius 3 is 2.33 bits per heavy atom. The molecule has 8 atom stereocenters. The van der Waals surface area contributed by atoms with E-state index in [-0.39, 0.29) is 43.4 Å². The standard InChI is InChI=1S/C33H49N3O6/c1-9-18-35(24-16-14-23(15-17-24)34(11-3)12-4)30(39)28-33-19-22(7)32(8,42-33)27(31(40)41-13-5)26(33)29(38)36(28)25(20-37)21(6)10-2/h9,14-17,21-22,25-28,37H,1,10-13,18-20H2,2-8H3/t21-,22?,25-,26-,27+,28?,32-,33?/m0/s1. The van der Waals surface area contributed by atoms with E-state index >= 15 is 0 Å². The Balaban J connectivity index is 1.85. The molecule has 1 spiro atoms. The van der Waals surface area contributed by atoms with Crippen molar-refractivity contribution >= 4 is 29.2 Å². The summed E-state index contributed by atoms with van der Waals surface area (Å²) in [4.78, 5) is 48.3. The molecule has 42 heavy (non-hydrogen) atoms. The lowest BCUT2D eigenvalue weighted by atomic mass is 9.62. The van der Waals surface area contributed by atoms with Crippen molar-refractivity contribution in [2.75, 3.05) is 42.6 Å². The fourth-order valence-corrected chi connectivity index (χ4v) is 7.75. The number of likely N-dealkylation sites (tertiary alicyclic amines) is 1. The van der Waals surface area contributed by atoms with Gasteiger partial charge in [-0.2, -0.15) is 0 Å². The van der Waals surface area contributed by atoms with Gasteiger partial charge in [0.25, 0.3) is 5.91 Å². The van der Waals surface area contributed by atoms with Crippen LogP contribution in [0.25, 0.3) is 0 Å². The molecular weight excluding hydrogens is 534 g/mol. The van der Waals surface area contributed by atoms with Crippen molar-refractivity contribution in [3.05, 3.63) is 36.9 Å². The maximum atomic E-state index is 14.9. The van der Waals surface area contributed by atoms with Crippen LogP contribution in [-0.2, 0) is 23.9 Å². The fourth-order valence-electron chi connectivity index (χ4n) is 7.75. The zero-order valence-electron chi connectivity index (χ0n) is 26.3. The fraction of sp³-hybridized carbons (Fsp3) is 0.667. The summed E-state index contributed by atoms with van der Waals surface area (Å²) < 4.78 is 12.3. The maximum Gasteiger partial charge on any atom is 0.312 e. The Morgan fingerprint density at radius 1 is 1.19 bits per heavy atom. The van der Waals surface area contributed by atoms with Gasteiger partial charge in [-0.3, -0.25) is 14.4 Å². The third-order valence-corrected chi connectivity index (χ3v) is 10.2. The largest absolute Gasteiger partial charge is 0.466 e. The van der Waals surface area contributed by atoms with Crippen molar-refractivity contribution < 1.29 is 29.0 Å². The minimum absolute atomic E-state index is 0.0862. The summed E-state index contributed by atoms with van der Waals surface area (Å²) in [6.07, 6.45) is 2.82. The van der Waals surface area contributed by atoms with Crippen LogP contribution in [0.3, 0.4) is 0 Å². The van der Waals surface area contributed by atoms with Crippen molar-refractivity contribution in [1.29, 1.82) is 0 Å². The molecule has 2 bridgehead atoms. The topological polar surface area (TPSA) is 99.6 Å². The highest BCUT2D eigenvalue weighted by Crippen LogP contribution is 2.66. The van der Waals surface area contributed by atoms with Gasteiger partial charge in [-0.25, -0.2) is 0 Å². The van der Waals surface area contributed by atoms with E-state index in [4.69, 9.17) is 9.47 Å². The molecule has 3 unspecified atom stereocenters. The number of esters is 1. The number of fused-ring (bicyclic) bond motifs is 1. The number of aliphatic hydroxyl groups excluding tert-OH is 1.